The third-order valence-corrected chi connectivity index (χ3v) is 8.26. The van der Waals surface area contributed by atoms with E-state index in [1.54, 1.807) is 17.0 Å². The Hall–Kier alpha value is -0.610. The van der Waals surface area contributed by atoms with Crippen LogP contribution < -0.4 is 4.74 Å². The van der Waals surface area contributed by atoms with Crippen LogP contribution in [0.25, 0.3) is 6.08 Å². The molecule has 2 heterocycles. The predicted octanol–water partition coefficient (Wildman–Crippen LogP) is 7.48. The van der Waals surface area contributed by atoms with Crippen molar-refractivity contribution in [2.45, 2.75) is 25.6 Å². The highest BCUT2D eigenvalue weighted by atomic mass is 79.9. The van der Waals surface area contributed by atoms with Gasteiger partial charge in [-0.2, -0.15) is 0 Å². The van der Waals surface area contributed by atoms with Gasteiger partial charge in [0, 0.05) is 6.61 Å². The Morgan fingerprint density at radius 1 is 1.22 bits per heavy atom. The summed E-state index contributed by atoms with van der Waals surface area (Å²) in [5, 5.41) is 0.987. The van der Waals surface area contributed by atoms with Gasteiger partial charge in [0.05, 0.1) is 36.5 Å². The SMILES string of the molecule is O=C1/C(=C/c2cc(Br)c(OCc3ccc(Cl)c(Cl)c3)c(Br)c2)SC(=S)N1C[C@@H]1CCCO1. The fourth-order valence-corrected chi connectivity index (χ4v) is 6.43. The molecule has 0 aromatic heterocycles. The van der Waals surface area contributed by atoms with Crippen LogP contribution in [0, 0.1) is 0 Å². The molecule has 0 saturated carbocycles. The number of nitrogens with zero attached hydrogens (tertiary/aromatic N) is 1. The van der Waals surface area contributed by atoms with Crippen molar-refractivity contribution in [3.8, 4) is 5.75 Å². The van der Waals surface area contributed by atoms with Crippen LogP contribution in [-0.4, -0.2) is 34.4 Å². The summed E-state index contributed by atoms with van der Waals surface area (Å²) in [4.78, 5) is 15.1. The van der Waals surface area contributed by atoms with Crippen molar-refractivity contribution in [1.29, 1.82) is 0 Å². The van der Waals surface area contributed by atoms with E-state index < -0.39 is 0 Å². The Labute approximate surface area is 222 Å². The lowest BCUT2D eigenvalue weighted by Crippen LogP contribution is -2.35. The number of hydrogen-bond acceptors (Lipinski definition) is 5. The monoisotopic (exact) mass is 635 g/mol. The zero-order valence-corrected chi connectivity index (χ0v) is 22.9. The van der Waals surface area contributed by atoms with E-state index in [9.17, 15) is 4.79 Å². The summed E-state index contributed by atoms with van der Waals surface area (Å²) in [6.45, 7) is 1.59. The minimum atomic E-state index is -0.0808. The number of benzene rings is 2. The second-order valence-corrected chi connectivity index (χ2v) is 11.5. The van der Waals surface area contributed by atoms with Crippen molar-refractivity contribution >= 4 is 95.3 Å². The lowest BCUT2D eigenvalue weighted by Gasteiger charge is -2.18. The van der Waals surface area contributed by atoms with Crippen LogP contribution in [0.15, 0.2) is 44.2 Å². The smallest absolute Gasteiger partial charge is 0.266 e. The van der Waals surface area contributed by atoms with Gasteiger partial charge < -0.3 is 9.47 Å². The van der Waals surface area contributed by atoms with E-state index in [0.29, 0.717) is 38.2 Å². The Morgan fingerprint density at radius 3 is 2.62 bits per heavy atom. The van der Waals surface area contributed by atoms with Gasteiger partial charge in [0.2, 0.25) is 0 Å². The summed E-state index contributed by atoms with van der Waals surface area (Å²) in [6, 6.07) is 9.19. The fraction of sp³-hybridized carbons (Fsp3) is 0.273. The number of hydrogen-bond donors (Lipinski definition) is 0. The molecule has 2 aromatic rings. The lowest BCUT2D eigenvalue weighted by molar-refractivity contribution is -0.123. The Bertz CT molecular complexity index is 1080. The quantitative estimate of drug-likeness (QED) is 0.243. The first-order chi connectivity index (χ1) is 15.3. The van der Waals surface area contributed by atoms with Gasteiger partial charge in [0.25, 0.3) is 5.91 Å². The summed E-state index contributed by atoms with van der Waals surface area (Å²) in [7, 11) is 0. The molecule has 0 spiro atoms. The predicted molar refractivity (Wildman–Crippen MR) is 141 cm³/mol. The topological polar surface area (TPSA) is 38.8 Å². The molecule has 4 nitrogen and oxygen atoms in total. The molecule has 4 rings (SSSR count). The minimum absolute atomic E-state index is 0.0621. The third-order valence-electron chi connectivity index (χ3n) is 4.97. The van der Waals surface area contributed by atoms with Gasteiger partial charge in [-0.3, -0.25) is 9.69 Å². The van der Waals surface area contributed by atoms with Gasteiger partial charge >= 0.3 is 0 Å². The maximum Gasteiger partial charge on any atom is 0.266 e. The van der Waals surface area contributed by atoms with Crippen molar-refractivity contribution < 1.29 is 14.3 Å². The van der Waals surface area contributed by atoms with E-state index in [1.165, 1.54) is 11.8 Å². The number of carbonyl (C=O) groups is 1. The van der Waals surface area contributed by atoms with E-state index in [-0.39, 0.29) is 12.0 Å². The third kappa shape index (κ3) is 5.71. The molecular formula is C22H17Br2Cl2NO3S2. The molecule has 0 unspecified atom stereocenters. The molecule has 1 amide bonds. The standard InChI is InChI=1S/C22H17Br2Cl2NO3S2/c23-15-6-13(7-16(24)20(15)30-11-12-3-4-17(25)18(26)8-12)9-19-21(28)27(22(31)32-19)10-14-2-1-5-29-14/h3-4,6-9,14H,1-2,5,10-11H2/b19-9-/t14-/m0/s1. The molecule has 10 heteroatoms. The van der Waals surface area contributed by atoms with Gasteiger partial charge in [-0.05, 0) is 86.2 Å². The largest absolute Gasteiger partial charge is 0.487 e. The first kappa shape index (κ1) is 24.5. The normalized spacial score (nSPS) is 19.9. The maximum atomic E-state index is 12.9. The van der Waals surface area contributed by atoms with Crippen LogP contribution in [0.4, 0.5) is 0 Å². The number of carbonyl (C=O) groups excluding carboxylic acids is 1. The van der Waals surface area contributed by atoms with Crippen LogP contribution >= 0.6 is 79.0 Å². The molecule has 0 N–H and O–H groups in total. The van der Waals surface area contributed by atoms with E-state index in [0.717, 1.165) is 39.5 Å². The van der Waals surface area contributed by atoms with Gasteiger partial charge in [0.15, 0.2) is 0 Å². The minimum Gasteiger partial charge on any atom is -0.487 e. The van der Waals surface area contributed by atoms with E-state index >= 15 is 0 Å². The number of rotatable bonds is 6. The second-order valence-electron chi connectivity index (χ2n) is 7.28. The molecule has 0 bridgehead atoms. The second kappa shape index (κ2) is 10.8. The van der Waals surface area contributed by atoms with Crippen molar-refractivity contribution in [3.63, 3.8) is 0 Å². The molecule has 32 heavy (non-hydrogen) atoms. The molecule has 2 aliphatic heterocycles. The van der Waals surface area contributed by atoms with Crippen LogP contribution in [0.5, 0.6) is 5.75 Å². The molecule has 2 aromatic carbocycles. The number of thioether (sulfide) groups is 1. The average Bonchev–Trinajstić information content (AvgIpc) is 3.34. The molecule has 2 fully saturated rings. The molecule has 0 radical (unpaired) electrons. The molecule has 0 aliphatic carbocycles. The van der Waals surface area contributed by atoms with Crippen molar-refractivity contribution in [2.24, 2.45) is 0 Å². The Balaban J connectivity index is 1.47. The van der Waals surface area contributed by atoms with Crippen LogP contribution in [0.1, 0.15) is 24.0 Å². The summed E-state index contributed by atoms with van der Waals surface area (Å²) < 4.78 is 13.7. The first-order valence-corrected chi connectivity index (χ1v) is 13.3. The van der Waals surface area contributed by atoms with E-state index in [4.69, 9.17) is 44.9 Å². The number of ether oxygens (including phenoxy) is 2. The van der Waals surface area contributed by atoms with Gasteiger partial charge in [0.1, 0.15) is 16.7 Å². The molecule has 168 valence electrons. The van der Waals surface area contributed by atoms with Crippen LogP contribution in [0.3, 0.4) is 0 Å². The van der Waals surface area contributed by atoms with Gasteiger partial charge in [-0.1, -0.05) is 53.2 Å². The Morgan fingerprint density at radius 2 is 1.97 bits per heavy atom. The summed E-state index contributed by atoms with van der Waals surface area (Å²) in [5.74, 6) is 0.571. The number of halogens is 4. The molecule has 1 atom stereocenters. The van der Waals surface area contributed by atoms with Crippen molar-refractivity contribution in [1.82, 2.24) is 4.90 Å². The van der Waals surface area contributed by atoms with Crippen molar-refractivity contribution in [2.75, 3.05) is 13.2 Å². The van der Waals surface area contributed by atoms with E-state index in [1.807, 2.05) is 24.3 Å². The fourth-order valence-electron chi connectivity index (χ4n) is 3.39. The average molecular weight is 638 g/mol. The van der Waals surface area contributed by atoms with E-state index in [2.05, 4.69) is 31.9 Å². The van der Waals surface area contributed by atoms with Crippen molar-refractivity contribution in [3.05, 3.63) is 65.4 Å². The highest BCUT2D eigenvalue weighted by Gasteiger charge is 2.34. The summed E-state index contributed by atoms with van der Waals surface area (Å²) in [6.07, 6.45) is 3.89. The zero-order chi connectivity index (χ0) is 22.8. The Kier molecular flexibility index (Phi) is 8.24. The van der Waals surface area contributed by atoms with Crippen LogP contribution in [-0.2, 0) is 16.1 Å². The number of thiocarbonyl (C=S) groups is 1. The summed E-state index contributed by atoms with van der Waals surface area (Å²) >= 11 is 25.9. The lowest BCUT2D eigenvalue weighted by atomic mass is 10.2. The zero-order valence-electron chi connectivity index (χ0n) is 16.6. The van der Waals surface area contributed by atoms with Gasteiger partial charge in [-0.25, -0.2) is 0 Å². The highest BCUT2D eigenvalue weighted by molar-refractivity contribution is 9.11. The maximum absolute atomic E-state index is 12.9. The highest BCUT2D eigenvalue weighted by Crippen LogP contribution is 2.38. The van der Waals surface area contributed by atoms with Crippen LogP contribution in [0.2, 0.25) is 10.0 Å². The molecule has 2 saturated heterocycles. The molecule has 2 aliphatic rings. The molecular weight excluding hydrogens is 621 g/mol. The first-order valence-electron chi connectivity index (χ1n) is 9.74. The number of amides is 1. The van der Waals surface area contributed by atoms with Gasteiger partial charge in [-0.15, -0.1) is 0 Å². The summed E-state index contributed by atoms with van der Waals surface area (Å²) in [5.41, 5.74) is 1.75.